The molecule has 0 fully saturated rings. The normalized spacial score (nSPS) is 13.8. The zero-order valence-corrected chi connectivity index (χ0v) is 15.6. The van der Waals surface area contributed by atoms with Crippen molar-refractivity contribution in [3.8, 4) is 0 Å². The fourth-order valence-corrected chi connectivity index (χ4v) is 3.07. The number of rotatable bonds is 11. The Bertz CT molecular complexity index is 777. The molecular weight excluding hydrogens is 356 g/mol. The summed E-state index contributed by atoms with van der Waals surface area (Å²) in [5.41, 5.74) is 18.8. The van der Waals surface area contributed by atoms with Crippen LogP contribution in [0, 0.1) is 5.92 Å². The lowest BCUT2D eigenvalue weighted by molar-refractivity contribution is -0.145. The maximum atomic E-state index is 12.9. The van der Waals surface area contributed by atoms with Crippen LogP contribution in [0.2, 0.25) is 0 Å². The molecule has 2 unspecified atom stereocenters. The number of Topliss-reactive ketones (excluding diaryl/α,β-unsaturated/α-hetero) is 1. The molecular formula is C21H26N4O3. The molecule has 0 radical (unpaired) electrons. The van der Waals surface area contributed by atoms with Gasteiger partial charge in [0.05, 0.1) is 6.04 Å². The fourth-order valence-electron chi connectivity index (χ4n) is 3.07. The number of ketones is 1. The number of ether oxygens (including phenoxy) is 1. The molecule has 2 rings (SSSR count). The number of guanidine groups is 1. The molecule has 6 N–H and O–H groups in total. The summed E-state index contributed by atoms with van der Waals surface area (Å²) in [4.78, 5) is 27.9. The molecule has 0 heterocycles. The molecule has 2 aromatic rings. The van der Waals surface area contributed by atoms with Crippen LogP contribution in [0.1, 0.15) is 23.7 Å². The van der Waals surface area contributed by atoms with Gasteiger partial charge in [0.2, 0.25) is 0 Å². The van der Waals surface area contributed by atoms with Crippen molar-refractivity contribution in [2.24, 2.45) is 28.1 Å². The molecule has 148 valence electrons. The van der Waals surface area contributed by atoms with E-state index in [0.717, 1.165) is 5.56 Å². The minimum absolute atomic E-state index is 0.00981. The molecule has 2 aromatic carbocycles. The summed E-state index contributed by atoms with van der Waals surface area (Å²) in [6, 6.07) is 17.8. The molecule has 3 atom stereocenters. The minimum Gasteiger partial charge on any atom is -0.452 e. The summed E-state index contributed by atoms with van der Waals surface area (Å²) in [5, 5.41) is 0. The lowest BCUT2D eigenvalue weighted by atomic mass is 9.89. The molecule has 7 heteroatoms. The maximum Gasteiger partial charge on any atom is 0.294 e. The van der Waals surface area contributed by atoms with Crippen LogP contribution in [0.25, 0.3) is 0 Å². The van der Waals surface area contributed by atoms with Gasteiger partial charge in [0.25, 0.3) is 6.47 Å². The monoisotopic (exact) mass is 382 g/mol. The highest BCUT2D eigenvalue weighted by Gasteiger charge is 2.29. The molecule has 0 spiro atoms. The van der Waals surface area contributed by atoms with Gasteiger partial charge >= 0.3 is 0 Å². The first-order valence-electron chi connectivity index (χ1n) is 9.04. The Balaban J connectivity index is 2.13. The average Bonchev–Trinajstić information content (AvgIpc) is 2.71. The molecule has 0 bridgehead atoms. The smallest absolute Gasteiger partial charge is 0.294 e. The summed E-state index contributed by atoms with van der Waals surface area (Å²) >= 11 is 0. The molecule has 7 nitrogen and oxygen atoms in total. The van der Waals surface area contributed by atoms with E-state index in [1.807, 2.05) is 36.4 Å². The summed E-state index contributed by atoms with van der Waals surface area (Å²) < 4.78 is 5.03. The number of hydrogen-bond donors (Lipinski definition) is 3. The van der Waals surface area contributed by atoms with Crippen molar-refractivity contribution in [2.45, 2.75) is 25.0 Å². The fraction of sp³-hybridized carbons (Fsp3) is 0.286. The predicted molar refractivity (Wildman–Crippen MR) is 108 cm³/mol. The van der Waals surface area contributed by atoms with E-state index in [4.69, 9.17) is 21.9 Å². The second-order valence-corrected chi connectivity index (χ2v) is 6.59. The van der Waals surface area contributed by atoms with Crippen LogP contribution < -0.4 is 17.2 Å². The van der Waals surface area contributed by atoms with Gasteiger partial charge in [-0.1, -0.05) is 60.7 Å². The Morgan fingerprint density at radius 1 is 1.04 bits per heavy atom. The molecule has 0 saturated carbocycles. The third-order valence-electron chi connectivity index (χ3n) is 4.40. The van der Waals surface area contributed by atoms with E-state index in [1.54, 1.807) is 24.3 Å². The number of aliphatic imine (C=N–C) groups is 1. The Morgan fingerprint density at radius 2 is 1.64 bits per heavy atom. The van der Waals surface area contributed by atoms with Crippen molar-refractivity contribution in [3.05, 3.63) is 71.8 Å². The van der Waals surface area contributed by atoms with Crippen molar-refractivity contribution in [2.75, 3.05) is 6.54 Å². The highest BCUT2D eigenvalue weighted by molar-refractivity contribution is 5.89. The first kappa shape index (κ1) is 21.1. The van der Waals surface area contributed by atoms with Crippen molar-refractivity contribution >= 4 is 18.2 Å². The summed E-state index contributed by atoms with van der Waals surface area (Å²) in [6.45, 7) is 0.617. The molecule has 0 saturated heterocycles. The quantitative estimate of drug-likeness (QED) is 0.305. The number of benzene rings is 2. The second-order valence-electron chi connectivity index (χ2n) is 6.59. The third kappa shape index (κ3) is 6.51. The minimum atomic E-state index is -1.03. The van der Waals surface area contributed by atoms with Gasteiger partial charge < -0.3 is 21.9 Å². The van der Waals surface area contributed by atoms with E-state index >= 15 is 0 Å². The van der Waals surface area contributed by atoms with E-state index in [9.17, 15) is 9.59 Å². The SMILES string of the molecule is NC(N)=NCC(Cc1ccccc1)C[C@H](N)C(=O)C(OC=O)c1ccccc1. The molecule has 28 heavy (non-hydrogen) atoms. The lowest BCUT2D eigenvalue weighted by Gasteiger charge is -2.22. The van der Waals surface area contributed by atoms with Crippen molar-refractivity contribution in [3.63, 3.8) is 0 Å². The first-order valence-corrected chi connectivity index (χ1v) is 9.04. The molecule has 0 aromatic heterocycles. The van der Waals surface area contributed by atoms with Gasteiger partial charge in [0.15, 0.2) is 17.8 Å². The van der Waals surface area contributed by atoms with Crippen LogP contribution in [0.15, 0.2) is 65.7 Å². The Hall–Kier alpha value is -3.19. The number of hydrogen-bond acceptors (Lipinski definition) is 5. The van der Waals surface area contributed by atoms with Crippen LogP contribution >= 0.6 is 0 Å². The third-order valence-corrected chi connectivity index (χ3v) is 4.40. The van der Waals surface area contributed by atoms with Gasteiger partial charge in [-0.25, -0.2) is 0 Å². The predicted octanol–water partition coefficient (Wildman–Crippen LogP) is 1.32. The second kappa shape index (κ2) is 10.8. The lowest BCUT2D eigenvalue weighted by Crippen LogP contribution is -2.38. The standard InChI is InChI=1S/C21H26N4O3/c22-18(19(27)20(28-14-26)17-9-5-2-6-10-17)12-16(13-25-21(23)24)11-15-7-3-1-4-8-15/h1-10,14,16,18,20H,11-13,22H2,(H4,23,24,25)/t16?,18-,20?/m0/s1. The molecule has 0 aliphatic heterocycles. The van der Waals surface area contributed by atoms with Gasteiger partial charge in [-0.15, -0.1) is 0 Å². The maximum absolute atomic E-state index is 12.9. The van der Waals surface area contributed by atoms with Crippen LogP contribution in [0.5, 0.6) is 0 Å². The highest BCUT2D eigenvalue weighted by Crippen LogP contribution is 2.22. The van der Waals surface area contributed by atoms with Crippen molar-refractivity contribution in [1.82, 2.24) is 0 Å². The number of nitrogens with two attached hydrogens (primary N) is 3. The number of nitrogens with zero attached hydrogens (tertiary/aromatic N) is 1. The van der Waals surface area contributed by atoms with Crippen LogP contribution in [-0.4, -0.2) is 30.8 Å². The van der Waals surface area contributed by atoms with Crippen molar-refractivity contribution < 1.29 is 14.3 Å². The largest absolute Gasteiger partial charge is 0.452 e. The van der Waals surface area contributed by atoms with E-state index in [1.165, 1.54) is 0 Å². The summed E-state index contributed by atoms with van der Waals surface area (Å²) in [5.74, 6) is -0.415. The van der Waals surface area contributed by atoms with Gasteiger partial charge in [-0.2, -0.15) is 0 Å². The Morgan fingerprint density at radius 3 is 2.21 bits per heavy atom. The summed E-state index contributed by atoms with van der Waals surface area (Å²) in [7, 11) is 0. The molecule has 0 aliphatic carbocycles. The molecule has 0 amide bonds. The number of carbonyl (C=O) groups excluding carboxylic acids is 2. The van der Waals surface area contributed by atoms with Gasteiger partial charge in [0.1, 0.15) is 0 Å². The van der Waals surface area contributed by atoms with Gasteiger partial charge in [0, 0.05) is 12.1 Å². The number of carbonyl (C=O) groups is 2. The zero-order valence-electron chi connectivity index (χ0n) is 15.6. The van der Waals surface area contributed by atoms with E-state index < -0.39 is 12.1 Å². The van der Waals surface area contributed by atoms with E-state index in [-0.39, 0.29) is 24.1 Å². The highest BCUT2D eigenvalue weighted by atomic mass is 16.5. The first-order chi connectivity index (χ1) is 13.5. The van der Waals surface area contributed by atoms with Crippen LogP contribution in [0.4, 0.5) is 0 Å². The van der Waals surface area contributed by atoms with Crippen molar-refractivity contribution in [1.29, 1.82) is 0 Å². The summed E-state index contributed by atoms with van der Waals surface area (Å²) in [6.07, 6.45) is -0.00621. The van der Waals surface area contributed by atoms with E-state index in [0.29, 0.717) is 24.9 Å². The van der Waals surface area contributed by atoms with E-state index in [2.05, 4.69) is 4.99 Å². The van der Waals surface area contributed by atoms with Gasteiger partial charge in [-0.3, -0.25) is 14.6 Å². The Kier molecular flexibility index (Phi) is 8.17. The van der Waals surface area contributed by atoms with Gasteiger partial charge in [-0.05, 0) is 24.3 Å². The molecule has 0 aliphatic rings. The Labute approximate surface area is 164 Å². The van der Waals surface area contributed by atoms with Crippen LogP contribution in [-0.2, 0) is 20.7 Å². The van der Waals surface area contributed by atoms with Crippen LogP contribution in [0.3, 0.4) is 0 Å². The topological polar surface area (TPSA) is 134 Å². The average molecular weight is 382 g/mol. The zero-order chi connectivity index (χ0) is 20.4.